The molecule has 2 aromatic carbocycles. The summed E-state index contributed by atoms with van der Waals surface area (Å²) < 4.78 is 18.2. The number of carbonyl (C=O) groups excluding carboxylic acids is 1. The van der Waals surface area contributed by atoms with Crippen LogP contribution in [0.2, 0.25) is 0 Å². The van der Waals surface area contributed by atoms with Crippen LogP contribution in [0.25, 0.3) is 0 Å². The number of esters is 1. The van der Waals surface area contributed by atoms with E-state index in [4.69, 9.17) is 4.74 Å². The fourth-order valence-electron chi connectivity index (χ4n) is 2.00. The first-order valence-electron chi connectivity index (χ1n) is 6.86. The maximum atomic E-state index is 13.2. The van der Waals surface area contributed by atoms with Crippen molar-refractivity contribution in [3.63, 3.8) is 0 Å². The molecule has 2 aromatic rings. The Kier molecular flexibility index (Phi) is 4.93. The minimum absolute atomic E-state index is 0.252. The van der Waals surface area contributed by atoms with Crippen LogP contribution < -0.4 is 5.32 Å². The zero-order chi connectivity index (χ0) is 15.2. The molecule has 110 valence electrons. The second kappa shape index (κ2) is 6.88. The monoisotopic (exact) mass is 287 g/mol. The molecule has 0 aliphatic carbocycles. The number of ether oxygens (including phenoxy) is 1. The topological polar surface area (TPSA) is 38.3 Å². The summed E-state index contributed by atoms with van der Waals surface area (Å²) in [4.78, 5) is 11.7. The number of aryl methyl sites for hydroxylation is 1. The van der Waals surface area contributed by atoms with Crippen molar-refractivity contribution in [2.75, 3.05) is 11.9 Å². The molecule has 0 spiro atoms. The summed E-state index contributed by atoms with van der Waals surface area (Å²) >= 11 is 0. The number of halogens is 1. The first kappa shape index (κ1) is 15.0. The Hall–Kier alpha value is -2.36. The number of hydrogen-bond donors (Lipinski definition) is 1. The predicted octanol–water partition coefficient (Wildman–Crippen LogP) is 3.92. The molecule has 0 unspecified atom stereocenters. The second-order valence-corrected chi connectivity index (χ2v) is 4.73. The van der Waals surface area contributed by atoms with Crippen molar-refractivity contribution >= 4 is 11.7 Å². The molecular formula is C17H18FNO2. The Bertz CT molecular complexity index is 640. The van der Waals surface area contributed by atoms with Gasteiger partial charge < -0.3 is 10.1 Å². The highest BCUT2D eigenvalue weighted by Gasteiger charge is 2.07. The first-order chi connectivity index (χ1) is 10.1. The molecule has 2 rings (SSSR count). The molecule has 0 fully saturated rings. The Morgan fingerprint density at radius 1 is 1.24 bits per heavy atom. The summed E-state index contributed by atoms with van der Waals surface area (Å²) in [5.74, 6) is -0.597. The van der Waals surface area contributed by atoms with Gasteiger partial charge in [0.2, 0.25) is 0 Å². The Morgan fingerprint density at radius 3 is 2.81 bits per heavy atom. The van der Waals surface area contributed by atoms with Crippen molar-refractivity contribution in [3.05, 3.63) is 65.0 Å². The molecule has 0 radical (unpaired) electrons. The molecule has 0 aromatic heterocycles. The highest BCUT2D eigenvalue weighted by molar-refractivity contribution is 5.90. The van der Waals surface area contributed by atoms with Crippen LogP contribution >= 0.6 is 0 Å². The van der Waals surface area contributed by atoms with E-state index >= 15 is 0 Å². The fraction of sp³-hybridized carbons (Fsp3) is 0.235. The van der Waals surface area contributed by atoms with Crippen molar-refractivity contribution in [1.29, 1.82) is 0 Å². The van der Waals surface area contributed by atoms with Gasteiger partial charge in [-0.2, -0.15) is 0 Å². The van der Waals surface area contributed by atoms with Crippen LogP contribution in [0.3, 0.4) is 0 Å². The zero-order valence-electron chi connectivity index (χ0n) is 12.2. The minimum atomic E-state index is -0.344. The average Bonchev–Trinajstić information content (AvgIpc) is 2.49. The summed E-state index contributed by atoms with van der Waals surface area (Å²) in [5.41, 5.74) is 3.20. The molecule has 3 nitrogen and oxygen atoms in total. The number of rotatable bonds is 5. The second-order valence-electron chi connectivity index (χ2n) is 4.73. The lowest BCUT2D eigenvalue weighted by molar-refractivity contribution is 0.0526. The quantitative estimate of drug-likeness (QED) is 0.847. The van der Waals surface area contributed by atoms with E-state index in [2.05, 4.69) is 5.32 Å². The van der Waals surface area contributed by atoms with E-state index in [0.29, 0.717) is 18.7 Å². The van der Waals surface area contributed by atoms with Gasteiger partial charge in [-0.15, -0.1) is 0 Å². The van der Waals surface area contributed by atoms with Gasteiger partial charge in [-0.05, 0) is 55.3 Å². The number of hydrogen-bond acceptors (Lipinski definition) is 3. The van der Waals surface area contributed by atoms with Crippen molar-refractivity contribution in [2.24, 2.45) is 0 Å². The summed E-state index contributed by atoms with van der Waals surface area (Å²) in [7, 11) is 0. The molecule has 1 N–H and O–H groups in total. The molecule has 0 heterocycles. The van der Waals surface area contributed by atoms with Gasteiger partial charge >= 0.3 is 5.97 Å². The number of carbonyl (C=O) groups is 1. The Morgan fingerprint density at radius 2 is 2.05 bits per heavy atom. The lowest BCUT2D eigenvalue weighted by Crippen LogP contribution is -2.06. The van der Waals surface area contributed by atoms with E-state index in [9.17, 15) is 9.18 Å². The van der Waals surface area contributed by atoms with Crippen molar-refractivity contribution in [3.8, 4) is 0 Å². The van der Waals surface area contributed by atoms with Gasteiger partial charge in [0.25, 0.3) is 0 Å². The summed E-state index contributed by atoms with van der Waals surface area (Å²) in [6, 6.07) is 11.8. The Labute approximate surface area is 123 Å². The summed E-state index contributed by atoms with van der Waals surface area (Å²) in [6.07, 6.45) is 0. The van der Waals surface area contributed by atoms with Gasteiger partial charge in [0.05, 0.1) is 12.2 Å². The van der Waals surface area contributed by atoms with Crippen molar-refractivity contribution in [2.45, 2.75) is 20.4 Å². The van der Waals surface area contributed by atoms with Crippen LogP contribution in [-0.2, 0) is 11.3 Å². The molecular weight excluding hydrogens is 269 g/mol. The van der Waals surface area contributed by atoms with Gasteiger partial charge in [0.1, 0.15) is 5.82 Å². The van der Waals surface area contributed by atoms with Crippen LogP contribution in [0.1, 0.15) is 28.4 Å². The van der Waals surface area contributed by atoms with Gasteiger partial charge in [-0.3, -0.25) is 0 Å². The van der Waals surface area contributed by atoms with Crippen LogP contribution in [0, 0.1) is 12.7 Å². The predicted molar refractivity (Wildman–Crippen MR) is 80.9 cm³/mol. The molecule has 0 saturated heterocycles. The largest absolute Gasteiger partial charge is 0.462 e. The number of nitrogens with one attached hydrogen (secondary N) is 1. The fourth-order valence-corrected chi connectivity index (χ4v) is 2.00. The van der Waals surface area contributed by atoms with Gasteiger partial charge in [-0.25, -0.2) is 9.18 Å². The summed E-state index contributed by atoms with van der Waals surface area (Å²) in [6.45, 7) is 4.55. The highest BCUT2D eigenvalue weighted by atomic mass is 19.1. The van der Waals surface area contributed by atoms with Gasteiger partial charge in [0.15, 0.2) is 0 Å². The van der Waals surface area contributed by atoms with Crippen LogP contribution in [0.5, 0.6) is 0 Å². The average molecular weight is 287 g/mol. The standard InChI is InChI=1S/C17H18FNO2/c1-3-21-17(20)13-5-4-6-16(10-13)19-11-14-9-15(18)8-7-12(14)2/h4-10,19H,3,11H2,1-2H3. The molecule has 0 saturated carbocycles. The highest BCUT2D eigenvalue weighted by Crippen LogP contribution is 2.15. The lowest BCUT2D eigenvalue weighted by Gasteiger charge is -2.10. The normalized spacial score (nSPS) is 10.2. The van der Waals surface area contributed by atoms with E-state index in [1.54, 1.807) is 31.2 Å². The third-order valence-corrected chi connectivity index (χ3v) is 3.17. The van der Waals surface area contributed by atoms with E-state index < -0.39 is 0 Å². The van der Waals surface area contributed by atoms with Crippen LogP contribution in [-0.4, -0.2) is 12.6 Å². The van der Waals surface area contributed by atoms with Gasteiger partial charge in [0, 0.05) is 12.2 Å². The zero-order valence-corrected chi connectivity index (χ0v) is 12.2. The molecule has 4 heteroatoms. The van der Waals surface area contributed by atoms with Crippen LogP contribution in [0.15, 0.2) is 42.5 Å². The Balaban J connectivity index is 2.08. The summed E-state index contributed by atoms with van der Waals surface area (Å²) in [5, 5.41) is 3.19. The van der Waals surface area contributed by atoms with Gasteiger partial charge in [-0.1, -0.05) is 12.1 Å². The van der Waals surface area contributed by atoms with Crippen molar-refractivity contribution in [1.82, 2.24) is 0 Å². The molecule has 0 bridgehead atoms. The third-order valence-electron chi connectivity index (χ3n) is 3.17. The SMILES string of the molecule is CCOC(=O)c1cccc(NCc2cc(F)ccc2C)c1. The molecule has 21 heavy (non-hydrogen) atoms. The van der Waals surface area contributed by atoms with E-state index in [1.165, 1.54) is 12.1 Å². The van der Waals surface area contributed by atoms with E-state index in [1.807, 2.05) is 13.0 Å². The number of anilines is 1. The molecule has 0 aliphatic heterocycles. The third kappa shape index (κ3) is 4.05. The molecule has 0 atom stereocenters. The first-order valence-corrected chi connectivity index (χ1v) is 6.86. The maximum Gasteiger partial charge on any atom is 0.338 e. The smallest absolute Gasteiger partial charge is 0.338 e. The van der Waals surface area contributed by atoms with E-state index in [-0.39, 0.29) is 11.8 Å². The van der Waals surface area contributed by atoms with Crippen LogP contribution in [0.4, 0.5) is 10.1 Å². The van der Waals surface area contributed by atoms with Crippen molar-refractivity contribution < 1.29 is 13.9 Å². The minimum Gasteiger partial charge on any atom is -0.462 e. The maximum absolute atomic E-state index is 13.2. The van der Waals surface area contributed by atoms with E-state index in [0.717, 1.165) is 16.8 Å². The lowest BCUT2D eigenvalue weighted by atomic mass is 10.1. The molecule has 0 aliphatic rings. The number of benzene rings is 2. The molecule has 0 amide bonds.